The van der Waals surface area contributed by atoms with E-state index in [4.69, 9.17) is 23.2 Å². The standard InChI is InChI=1S/C29H32Cl2N2O2S/c1-4-21(3)32-29(35)27(17-22-8-6-5-7-9-22)33(18-23-12-15-25(30)26(31)16-23)28(34)19-36-24-13-10-20(2)11-14-24/h5-16,21,27H,4,17-19H2,1-3H3,(H,32,35)/t21-,27+/m0/s1. The van der Waals surface area contributed by atoms with E-state index >= 15 is 0 Å². The topological polar surface area (TPSA) is 49.4 Å². The Labute approximate surface area is 228 Å². The Morgan fingerprint density at radius 3 is 2.28 bits per heavy atom. The van der Waals surface area contributed by atoms with Gasteiger partial charge in [0.2, 0.25) is 11.8 Å². The number of hydrogen-bond acceptors (Lipinski definition) is 3. The molecule has 190 valence electrons. The molecule has 0 spiro atoms. The molecule has 36 heavy (non-hydrogen) atoms. The number of hydrogen-bond donors (Lipinski definition) is 1. The van der Waals surface area contributed by atoms with Gasteiger partial charge in [-0.25, -0.2) is 0 Å². The van der Waals surface area contributed by atoms with E-state index in [2.05, 4.69) is 5.32 Å². The molecule has 0 aliphatic carbocycles. The summed E-state index contributed by atoms with van der Waals surface area (Å²) in [6, 6.07) is 22.5. The predicted octanol–water partition coefficient (Wildman–Crippen LogP) is 6.95. The fourth-order valence-electron chi connectivity index (χ4n) is 3.69. The largest absolute Gasteiger partial charge is 0.352 e. The summed E-state index contributed by atoms with van der Waals surface area (Å²) in [5, 5.41) is 3.95. The quantitative estimate of drug-likeness (QED) is 0.266. The van der Waals surface area contributed by atoms with Crippen LogP contribution >= 0.6 is 35.0 Å². The monoisotopic (exact) mass is 542 g/mol. The molecule has 2 atom stereocenters. The maximum absolute atomic E-state index is 13.7. The molecule has 1 N–H and O–H groups in total. The lowest BCUT2D eigenvalue weighted by Gasteiger charge is -2.32. The average molecular weight is 544 g/mol. The first kappa shape index (κ1) is 28.1. The molecule has 0 heterocycles. The van der Waals surface area contributed by atoms with Crippen LogP contribution in [-0.4, -0.2) is 34.6 Å². The van der Waals surface area contributed by atoms with Crippen LogP contribution in [0.5, 0.6) is 0 Å². The van der Waals surface area contributed by atoms with E-state index in [1.165, 1.54) is 11.8 Å². The van der Waals surface area contributed by atoms with E-state index in [1.807, 2.05) is 81.4 Å². The minimum atomic E-state index is -0.679. The first-order valence-corrected chi connectivity index (χ1v) is 13.8. The molecule has 3 aromatic carbocycles. The maximum Gasteiger partial charge on any atom is 0.243 e. The molecule has 0 radical (unpaired) electrons. The van der Waals surface area contributed by atoms with Crippen molar-refractivity contribution in [1.29, 1.82) is 0 Å². The third-order valence-corrected chi connectivity index (χ3v) is 7.73. The number of nitrogens with zero attached hydrogens (tertiary/aromatic N) is 1. The van der Waals surface area contributed by atoms with Gasteiger partial charge in [-0.3, -0.25) is 9.59 Å². The van der Waals surface area contributed by atoms with Crippen molar-refractivity contribution in [2.24, 2.45) is 0 Å². The molecule has 0 unspecified atom stereocenters. The van der Waals surface area contributed by atoms with E-state index in [0.717, 1.165) is 28.0 Å². The van der Waals surface area contributed by atoms with Gasteiger partial charge >= 0.3 is 0 Å². The summed E-state index contributed by atoms with van der Waals surface area (Å²) in [5.74, 6) is -0.0689. The van der Waals surface area contributed by atoms with Crippen molar-refractivity contribution in [1.82, 2.24) is 10.2 Å². The third kappa shape index (κ3) is 8.29. The smallest absolute Gasteiger partial charge is 0.243 e. The molecule has 0 bridgehead atoms. The SMILES string of the molecule is CC[C@H](C)NC(=O)[C@@H](Cc1ccccc1)N(Cc1ccc(Cl)c(Cl)c1)C(=O)CSc1ccc(C)cc1. The highest BCUT2D eigenvalue weighted by molar-refractivity contribution is 8.00. The Morgan fingerprint density at radius 1 is 0.944 bits per heavy atom. The molecule has 0 aliphatic heterocycles. The Morgan fingerprint density at radius 2 is 1.64 bits per heavy atom. The Balaban J connectivity index is 1.92. The second-order valence-electron chi connectivity index (χ2n) is 8.90. The third-order valence-electron chi connectivity index (χ3n) is 5.99. The summed E-state index contributed by atoms with van der Waals surface area (Å²) >= 11 is 13.9. The van der Waals surface area contributed by atoms with Gasteiger partial charge < -0.3 is 10.2 Å². The zero-order valence-electron chi connectivity index (χ0n) is 20.8. The lowest BCUT2D eigenvalue weighted by Crippen LogP contribution is -2.52. The van der Waals surface area contributed by atoms with Crippen molar-refractivity contribution in [3.05, 3.63) is 99.5 Å². The Hall–Kier alpha value is -2.47. The number of thioether (sulfide) groups is 1. The van der Waals surface area contributed by atoms with E-state index in [1.54, 1.807) is 17.0 Å². The molecule has 0 saturated heterocycles. The lowest BCUT2D eigenvalue weighted by atomic mass is 10.0. The summed E-state index contributed by atoms with van der Waals surface area (Å²) < 4.78 is 0. The Bertz CT molecular complexity index is 1160. The van der Waals surface area contributed by atoms with Gasteiger partial charge in [0.05, 0.1) is 15.8 Å². The van der Waals surface area contributed by atoms with Crippen LogP contribution in [0, 0.1) is 6.92 Å². The van der Waals surface area contributed by atoms with Crippen molar-refractivity contribution in [2.45, 2.75) is 57.1 Å². The average Bonchev–Trinajstić information content (AvgIpc) is 2.88. The van der Waals surface area contributed by atoms with E-state index in [-0.39, 0.29) is 30.2 Å². The van der Waals surface area contributed by atoms with Crippen LogP contribution in [0.2, 0.25) is 10.0 Å². The van der Waals surface area contributed by atoms with Gasteiger partial charge in [-0.1, -0.05) is 84.2 Å². The summed E-state index contributed by atoms with van der Waals surface area (Å²) in [7, 11) is 0. The summed E-state index contributed by atoms with van der Waals surface area (Å²) in [6.45, 7) is 6.27. The van der Waals surface area contributed by atoms with Gasteiger partial charge in [0.15, 0.2) is 0 Å². The first-order chi connectivity index (χ1) is 17.3. The highest BCUT2D eigenvalue weighted by Crippen LogP contribution is 2.25. The van der Waals surface area contributed by atoms with Crippen LogP contribution < -0.4 is 5.32 Å². The zero-order valence-corrected chi connectivity index (χ0v) is 23.2. The van der Waals surface area contributed by atoms with Gasteiger partial charge in [-0.2, -0.15) is 0 Å². The second kappa shape index (κ2) is 13.7. The molecule has 0 fully saturated rings. The number of amides is 2. The number of nitrogens with one attached hydrogen (secondary N) is 1. The maximum atomic E-state index is 13.7. The number of carbonyl (C=O) groups excluding carboxylic acids is 2. The normalized spacial score (nSPS) is 12.6. The number of halogens is 2. The molecule has 3 rings (SSSR count). The minimum absolute atomic E-state index is 0.000338. The molecular formula is C29H32Cl2N2O2S. The summed E-state index contributed by atoms with van der Waals surface area (Å²) in [6.07, 6.45) is 1.21. The molecule has 0 saturated carbocycles. The van der Waals surface area contributed by atoms with E-state index < -0.39 is 6.04 Å². The number of aryl methyl sites for hydroxylation is 1. The summed E-state index contributed by atoms with van der Waals surface area (Å²) in [5.41, 5.74) is 2.96. The minimum Gasteiger partial charge on any atom is -0.352 e. The first-order valence-electron chi connectivity index (χ1n) is 12.0. The highest BCUT2D eigenvalue weighted by atomic mass is 35.5. The lowest BCUT2D eigenvalue weighted by molar-refractivity contribution is -0.139. The van der Waals surface area contributed by atoms with Crippen molar-refractivity contribution >= 4 is 46.8 Å². The molecule has 7 heteroatoms. The van der Waals surface area contributed by atoms with E-state index in [9.17, 15) is 9.59 Å². The van der Waals surface area contributed by atoms with Gasteiger partial charge in [-0.15, -0.1) is 11.8 Å². The number of benzene rings is 3. The van der Waals surface area contributed by atoms with Crippen molar-refractivity contribution in [2.75, 3.05) is 5.75 Å². The van der Waals surface area contributed by atoms with Gasteiger partial charge in [0.25, 0.3) is 0 Å². The second-order valence-corrected chi connectivity index (χ2v) is 10.8. The number of carbonyl (C=O) groups is 2. The highest BCUT2D eigenvalue weighted by Gasteiger charge is 2.31. The van der Waals surface area contributed by atoms with Crippen molar-refractivity contribution in [3.8, 4) is 0 Å². The van der Waals surface area contributed by atoms with Crippen molar-refractivity contribution < 1.29 is 9.59 Å². The van der Waals surface area contributed by atoms with Crippen LogP contribution in [0.15, 0.2) is 77.7 Å². The van der Waals surface area contributed by atoms with Crippen LogP contribution in [0.1, 0.15) is 37.0 Å². The van der Waals surface area contributed by atoms with Gasteiger partial charge in [0, 0.05) is 23.9 Å². The van der Waals surface area contributed by atoms with Crippen molar-refractivity contribution in [3.63, 3.8) is 0 Å². The molecule has 0 aromatic heterocycles. The molecule has 2 amide bonds. The van der Waals surface area contributed by atoms with Gasteiger partial charge in [-0.05, 0) is 55.7 Å². The van der Waals surface area contributed by atoms with Crippen LogP contribution in [0.3, 0.4) is 0 Å². The number of rotatable bonds is 11. The van der Waals surface area contributed by atoms with Crippen LogP contribution in [0.25, 0.3) is 0 Å². The summed E-state index contributed by atoms with van der Waals surface area (Å²) in [4.78, 5) is 29.9. The molecule has 3 aromatic rings. The van der Waals surface area contributed by atoms with Gasteiger partial charge in [0.1, 0.15) is 6.04 Å². The van der Waals surface area contributed by atoms with Crippen LogP contribution in [0.4, 0.5) is 0 Å². The van der Waals surface area contributed by atoms with E-state index in [0.29, 0.717) is 16.5 Å². The molecular weight excluding hydrogens is 511 g/mol. The predicted molar refractivity (Wildman–Crippen MR) is 151 cm³/mol. The molecule has 0 aliphatic rings. The molecule has 4 nitrogen and oxygen atoms in total. The fourth-order valence-corrected chi connectivity index (χ4v) is 4.80. The van der Waals surface area contributed by atoms with Crippen LogP contribution in [-0.2, 0) is 22.6 Å². The zero-order chi connectivity index (χ0) is 26.1. The fraction of sp³-hybridized carbons (Fsp3) is 0.310. The Kier molecular flexibility index (Phi) is 10.7.